The number of halogens is 1. The molecule has 1 aromatic heterocycles. The lowest BCUT2D eigenvalue weighted by molar-refractivity contribution is 0.108. The fourth-order valence-corrected chi connectivity index (χ4v) is 3.40. The highest BCUT2D eigenvalue weighted by atomic mass is 35.5. The van der Waals surface area contributed by atoms with Gasteiger partial charge in [-0.1, -0.05) is 0 Å². The maximum Gasteiger partial charge on any atom is 0.278 e. The van der Waals surface area contributed by atoms with Crippen LogP contribution in [-0.4, -0.2) is 21.5 Å². The molecule has 0 spiro atoms. The summed E-state index contributed by atoms with van der Waals surface area (Å²) in [7, 11) is 0. The molecule has 1 aromatic carbocycles. The molecule has 22 heavy (non-hydrogen) atoms. The molecule has 0 bridgehead atoms. The highest BCUT2D eigenvalue weighted by Crippen LogP contribution is 2.38. The number of carbonyl (C=O) groups excluding carboxylic acids is 1. The van der Waals surface area contributed by atoms with Crippen LogP contribution in [0.15, 0.2) is 34.1 Å². The first-order valence-corrected chi connectivity index (χ1v) is 8.26. The average Bonchev–Trinajstić information content (AvgIpc) is 2.89. The molecule has 1 aliphatic rings. The minimum Gasteiger partial charge on any atom is -0.493 e. The summed E-state index contributed by atoms with van der Waals surface area (Å²) in [5, 5.41) is 2.39. The van der Waals surface area contributed by atoms with Crippen molar-refractivity contribution in [1.29, 1.82) is 0 Å². The molecule has 2 heterocycles. The molecule has 1 N–H and O–H groups in total. The monoisotopic (exact) mass is 338 g/mol. The molecule has 0 aliphatic carbocycles. The van der Waals surface area contributed by atoms with Gasteiger partial charge in [-0.25, -0.2) is 0 Å². The van der Waals surface area contributed by atoms with Crippen LogP contribution in [0.2, 0.25) is 0 Å². The van der Waals surface area contributed by atoms with Gasteiger partial charge in [-0.3, -0.25) is 14.3 Å². The minimum absolute atomic E-state index is 0.107. The minimum atomic E-state index is -0.295. The van der Waals surface area contributed by atoms with Crippen LogP contribution in [0.3, 0.4) is 0 Å². The number of thioether (sulfide) groups is 1. The predicted octanol–water partition coefficient (Wildman–Crippen LogP) is 3.19. The number of hydrogen-bond acceptors (Lipinski definition) is 4. The zero-order chi connectivity index (χ0) is 15.7. The molecule has 5 nitrogen and oxygen atoms in total. The number of aromatic amines is 1. The first kappa shape index (κ1) is 15.2. The van der Waals surface area contributed by atoms with E-state index in [0.717, 1.165) is 34.4 Å². The normalized spacial score (nSPS) is 16.9. The van der Waals surface area contributed by atoms with Crippen molar-refractivity contribution in [3.8, 4) is 5.75 Å². The highest BCUT2D eigenvalue weighted by molar-refractivity contribution is 8.14. The van der Waals surface area contributed by atoms with Crippen LogP contribution in [0.1, 0.15) is 34.6 Å². The number of carbonyl (C=O) groups is 1. The van der Waals surface area contributed by atoms with Crippen molar-refractivity contribution >= 4 is 28.5 Å². The summed E-state index contributed by atoms with van der Waals surface area (Å²) in [4.78, 5) is 25.0. The van der Waals surface area contributed by atoms with Crippen LogP contribution in [0.25, 0.3) is 0 Å². The quantitative estimate of drug-likeness (QED) is 0.689. The number of aromatic nitrogens is 2. The summed E-state index contributed by atoms with van der Waals surface area (Å²) in [5.41, 5.74) is 0.755. The number of rotatable bonds is 3. The maximum atomic E-state index is 12.3. The average molecular weight is 339 g/mol. The molecule has 0 fully saturated rings. The van der Waals surface area contributed by atoms with Crippen LogP contribution in [0, 0.1) is 0 Å². The van der Waals surface area contributed by atoms with Crippen molar-refractivity contribution in [2.45, 2.75) is 30.2 Å². The Morgan fingerprint density at radius 1 is 1.55 bits per heavy atom. The summed E-state index contributed by atoms with van der Waals surface area (Å²) in [6, 6.07) is 5.49. The van der Waals surface area contributed by atoms with Gasteiger partial charge in [-0.05, 0) is 36.9 Å². The highest BCUT2D eigenvalue weighted by Gasteiger charge is 2.21. The van der Waals surface area contributed by atoms with Gasteiger partial charge >= 0.3 is 0 Å². The van der Waals surface area contributed by atoms with E-state index in [1.807, 2.05) is 19.1 Å². The van der Waals surface area contributed by atoms with E-state index in [1.165, 1.54) is 10.9 Å². The van der Waals surface area contributed by atoms with Crippen molar-refractivity contribution in [3.63, 3.8) is 0 Å². The number of alkyl halides is 1. The summed E-state index contributed by atoms with van der Waals surface area (Å²) in [6.07, 6.45) is 2.20. The van der Waals surface area contributed by atoms with Gasteiger partial charge in [0.25, 0.3) is 5.56 Å². The third kappa shape index (κ3) is 2.80. The largest absolute Gasteiger partial charge is 0.493 e. The molecule has 1 aliphatic heterocycles. The van der Waals surface area contributed by atoms with Crippen LogP contribution in [0.4, 0.5) is 0 Å². The van der Waals surface area contributed by atoms with E-state index in [-0.39, 0.29) is 21.6 Å². The molecule has 0 saturated heterocycles. The smallest absolute Gasteiger partial charge is 0.278 e. The molecule has 3 rings (SSSR count). The second-order valence-corrected chi connectivity index (χ2v) is 6.50. The lowest BCUT2D eigenvalue weighted by atomic mass is 10.1. The van der Waals surface area contributed by atoms with Gasteiger partial charge in [0.05, 0.1) is 12.0 Å². The number of nitrogens with zero attached hydrogens (tertiary/aromatic N) is 1. The van der Waals surface area contributed by atoms with Crippen molar-refractivity contribution in [2.75, 3.05) is 6.61 Å². The zero-order valence-corrected chi connectivity index (χ0v) is 13.5. The first-order valence-electron chi connectivity index (χ1n) is 7.01. The van der Waals surface area contributed by atoms with E-state index >= 15 is 0 Å². The third-order valence-electron chi connectivity index (χ3n) is 3.53. The van der Waals surface area contributed by atoms with Gasteiger partial charge in [0, 0.05) is 29.6 Å². The van der Waals surface area contributed by atoms with Crippen LogP contribution in [-0.2, 0) is 6.54 Å². The summed E-state index contributed by atoms with van der Waals surface area (Å²) in [5.74, 6) is 0.762. The number of H-pyrrole nitrogens is 1. The summed E-state index contributed by atoms with van der Waals surface area (Å²) >= 11 is 7.31. The van der Waals surface area contributed by atoms with Crippen LogP contribution in [0.5, 0.6) is 5.75 Å². The number of ether oxygens (including phenoxy) is 1. The maximum absolute atomic E-state index is 12.3. The summed E-state index contributed by atoms with van der Waals surface area (Å²) < 4.78 is 6.93. The molecule has 1 atom stereocenters. The number of benzene rings is 1. The topological polar surface area (TPSA) is 64.1 Å². The number of fused-ring (bicyclic) bond motifs is 1. The molecular formula is C15H15ClN2O3S. The van der Waals surface area contributed by atoms with E-state index in [9.17, 15) is 9.59 Å². The van der Waals surface area contributed by atoms with E-state index in [4.69, 9.17) is 16.3 Å². The Morgan fingerprint density at radius 2 is 2.36 bits per heavy atom. The Kier molecular flexibility index (Phi) is 4.31. The van der Waals surface area contributed by atoms with Gasteiger partial charge < -0.3 is 9.84 Å². The Balaban J connectivity index is 1.84. The van der Waals surface area contributed by atoms with Crippen molar-refractivity contribution < 1.29 is 9.53 Å². The molecule has 0 saturated carbocycles. The fourth-order valence-electron chi connectivity index (χ4n) is 2.35. The van der Waals surface area contributed by atoms with Crippen molar-refractivity contribution in [1.82, 2.24) is 9.78 Å². The van der Waals surface area contributed by atoms with Gasteiger partial charge in [0.2, 0.25) is 5.12 Å². The lowest BCUT2D eigenvalue weighted by Gasteiger charge is -2.21. The molecule has 7 heteroatoms. The van der Waals surface area contributed by atoms with Gasteiger partial charge in [0.1, 0.15) is 11.3 Å². The second kappa shape index (κ2) is 6.22. The fraction of sp³-hybridized carbons (Fsp3) is 0.333. The van der Waals surface area contributed by atoms with Crippen LogP contribution < -0.4 is 10.3 Å². The van der Waals surface area contributed by atoms with E-state index in [2.05, 4.69) is 5.10 Å². The number of hydrogen-bond donors (Lipinski definition) is 1. The molecular weight excluding hydrogens is 324 g/mol. The Morgan fingerprint density at radius 3 is 3.09 bits per heavy atom. The van der Waals surface area contributed by atoms with E-state index in [1.54, 1.807) is 6.07 Å². The van der Waals surface area contributed by atoms with E-state index < -0.39 is 0 Å². The van der Waals surface area contributed by atoms with Crippen molar-refractivity contribution in [2.24, 2.45) is 0 Å². The van der Waals surface area contributed by atoms with Crippen molar-refractivity contribution in [3.05, 3.63) is 45.9 Å². The Bertz CT molecular complexity index is 768. The Hall–Kier alpha value is -1.66. The lowest BCUT2D eigenvalue weighted by Crippen LogP contribution is -2.19. The molecule has 1 unspecified atom stereocenters. The van der Waals surface area contributed by atoms with Crippen LogP contribution >= 0.6 is 23.4 Å². The van der Waals surface area contributed by atoms with Gasteiger partial charge in [-0.15, -0.1) is 11.6 Å². The number of nitrogens with one attached hydrogen (secondary N) is 1. The molecule has 116 valence electrons. The SMILES string of the molecule is CCn1[nH]cc(C(=O)Sc2ccc3c(c2)C(Cl)CCO3)c1=O. The molecule has 0 amide bonds. The zero-order valence-electron chi connectivity index (χ0n) is 12.0. The third-order valence-corrected chi connectivity index (χ3v) is 4.88. The Labute approximate surface area is 136 Å². The standard InChI is InChI=1S/C15H15ClN2O3S/c1-2-18-14(19)11(8-17-18)15(20)22-9-3-4-13-10(7-9)12(16)5-6-21-13/h3-4,7-8,12,17H,2,5-6H2,1H3. The molecule has 0 radical (unpaired) electrons. The van der Waals surface area contributed by atoms with Gasteiger partial charge in [0.15, 0.2) is 0 Å². The summed E-state index contributed by atoms with van der Waals surface area (Å²) in [6.45, 7) is 2.94. The second-order valence-electron chi connectivity index (χ2n) is 4.93. The van der Waals surface area contributed by atoms with Gasteiger partial charge in [-0.2, -0.15) is 0 Å². The first-order chi connectivity index (χ1) is 10.6. The van der Waals surface area contributed by atoms with E-state index in [0.29, 0.717) is 13.2 Å². The molecule has 2 aromatic rings. The predicted molar refractivity (Wildman–Crippen MR) is 86.1 cm³/mol. The number of aryl methyl sites for hydroxylation is 1.